The molecule has 2 aromatic carbocycles. The van der Waals surface area contributed by atoms with E-state index in [1.807, 2.05) is 37.3 Å². The van der Waals surface area contributed by atoms with Gasteiger partial charge in [0.2, 0.25) is 0 Å². The quantitative estimate of drug-likeness (QED) is 0.722. The van der Waals surface area contributed by atoms with Gasteiger partial charge in [0, 0.05) is 4.70 Å². The Kier molecular flexibility index (Phi) is 4.07. The van der Waals surface area contributed by atoms with E-state index in [1.165, 1.54) is 22.5 Å². The molecule has 0 spiro atoms. The highest BCUT2D eigenvalue weighted by molar-refractivity contribution is 7.21. The third-order valence-corrected chi connectivity index (χ3v) is 4.93. The summed E-state index contributed by atoms with van der Waals surface area (Å²) in [6.45, 7) is 1.90. The average Bonchev–Trinajstić information content (AvgIpc) is 2.87. The molecule has 0 aliphatic carbocycles. The van der Waals surface area contributed by atoms with Gasteiger partial charge in [0.05, 0.1) is 0 Å². The summed E-state index contributed by atoms with van der Waals surface area (Å²) in [7, 11) is 0. The van der Waals surface area contributed by atoms with Crippen LogP contribution in [0, 0.1) is 6.92 Å². The standard InChI is InChI=1S/C19H16O2S/c1-13-17-15(10-5-9-14-7-3-2-4-8-14)11-6-12-16(17)22-18(13)19(20)21/h2-9,11-12H,10H2,1H3,(H,20,21). The van der Waals surface area contributed by atoms with E-state index in [-0.39, 0.29) is 0 Å². The highest BCUT2D eigenvalue weighted by Crippen LogP contribution is 2.33. The summed E-state index contributed by atoms with van der Waals surface area (Å²) < 4.78 is 1.04. The summed E-state index contributed by atoms with van der Waals surface area (Å²) in [6.07, 6.45) is 5.02. The van der Waals surface area contributed by atoms with Gasteiger partial charge in [-0.15, -0.1) is 11.3 Å². The lowest BCUT2D eigenvalue weighted by Gasteiger charge is -2.01. The van der Waals surface area contributed by atoms with Crippen LogP contribution in [-0.2, 0) is 6.42 Å². The van der Waals surface area contributed by atoms with E-state index < -0.39 is 5.97 Å². The van der Waals surface area contributed by atoms with Crippen LogP contribution in [0.4, 0.5) is 0 Å². The van der Waals surface area contributed by atoms with Gasteiger partial charge in [-0.05, 0) is 41.5 Å². The lowest BCUT2D eigenvalue weighted by molar-refractivity contribution is 0.0701. The number of fused-ring (bicyclic) bond motifs is 1. The van der Waals surface area contributed by atoms with E-state index in [4.69, 9.17) is 0 Å². The van der Waals surface area contributed by atoms with E-state index in [9.17, 15) is 9.90 Å². The fourth-order valence-corrected chi connectivity index (χ4v) is 3.74. The summed E-state index contributed by atoms with van der Waals surface area (Å²) in [5, 5.41) is 10.4. The molecule has 1 aromatic heterocycles. The molecular weight excluding hydrogens is 292 g/mol. The summed E-state index contributed by atoms with van der Waals surface area (Å²) >= 11 is 1.35. The Bertz CT molecular complexity index is 845. The van der Waals surface area contributed by atoms with Gasteiger partial charge in [0.15, 0.2) is 0 Å². The second-order valence-electron chi connectivity index (χ2n) is 5.17. The summed E-state index contributed by atoms with van der Waals surface area (Å²) in [5.74, 6) is -0.843. The summed E-state index contributed by atoms with van der Waals surface area (Å²) in [4.78, 5) is 11.7. The number of aromatic carboxylic acids is 1. The highest BCUT2D eigenvalue weighted by Gasteiger charge is 2.15. The number of hydrogen-bond acceptors (Lipinski definition) is 2. The molecule has 1 N–H and O–H groups in total. The third kappa shape index (κ3) is 2.81. The van der Waals surface area contributed by atoms with Crippen LogP contribution in [0.15, 0.2) is 54.6 Å². The van der Waals surface area contributed by atoms with Crippen LogP contribution in [-0.4, -0.2) is 11.1 Å². The van der Waals surface area contributed by atoms with Gasteiger partial charge in [0.1, 0.15) is 4.88 Å². The number of carbonyl (C=O) groups is 1. The average molecular weight is 308 g/mol. The normalized spacial score (nSPS) is 11.3. The molecule has 0 fully saturated rings. The molecule has 0 amide bonds. The van der Waals surface area contributed by atoms with Crippen LogP contribution >= 0.6 is 11.3 Å². The van der Waals surface area contributed by atoms with Gasteiger partial charge in [0.25, 0.3) is 0 Å². The zero-order valence-electron chi connectivity index (χ0n) is 12.2. The van der Waals surface area contributed by atoms with Gasteiger partial charge in [-0.3, -0.25) is 0 Å². The first-order valence-electron chi connectivity index (χ1n) is 7.12. The van der Waals surface area contributed by atoms with Gasteiger partial charge in [-0.25, -0.2) is 4.79 Å². The Hall–Kier alpha value is -2.39. The Labute approximate surface area is 133 Å². The van der Waals surface area contributed by atoms with Gasteiger partial charge < -0.3 is 5.11 Å². The van der Waals surface area contributed by atoms with Gasteiger partial charge >= 0.3 is 5.97 Å². The number of benzene rings is 2. The van der Waals surface area contributed by atoms with E-state index in [0.717, 1.165) is 22.1 Å². The van der Waals surface area contributed by atoms with Crippen molar-refractivity contribution in [2.75, 3.05) is 0 Å². The molecule has 0 saturated heterocycles. The van der Waals surface area contributed by atoms with E-state index in [2.05, 4.69) is 30.4 Å². The van der Waals surface area contributed by atoms with Crippen molar-refractivity contribution < 1.29 is 9.90 Å². The minimum atomic E-state index is -0.843. The molecule has 110 valence electrons. The van der Waals surface area contributed by atoms with Gasteiger partial charge in [-0.1, -0.05) is 54.6 Å². The first-order chi connectivity index (χ1) is 10.7. The van der Waals surface area contributed by atoms with Crippen molar-refractivity contribution in [1.82, 2.24) is 0 Å². The zero-order valence-corrected chi connectivity index (χ0v) is 13.1. The molecule has 3 heteroatoms. The Balaban J connectivity index is 1.94. The zero-order chi connectivity index (χ0) is 15.5. The maximum Gasteiger partial charge on any atom is 0.346 e. The van der Waals surface area contributed by atoms with E-state index in [0.29, 0.717) is 4.88 Å². The number of carboxylic acids is 1. The number of thiophene rings is 1. The molecule has 0 unspecified atom stereocenters. The van der Waals surface area contributed by atoms with E-state index in [1.54, 1.807) is 0 Å². The molecule has 1 heterocycles. The Morgan fingerprint density at radius 1 is 1.14 bits per heavy atom. The lowest BCUT2D eigenvalue weighted by Crippen LogP contribution is -1.94. The SMILES string of the molecule is Cc1c(C(=O)O)sc2cccc(CC=Cc3ccccc3)c12. The number of carboxylic acid groups (broad SMARTS) is 1. The summed E-state index contributed by atoms with van der Waals surface area (Å²) in [5.41, 5.74) is 3.21. The monoisotopic (exact) mass is 308 g/mol. The molecule has 0 aliphatic rings. The minimum Gasteiger partial charge on any atom is -0.477 e. The van der Waals surface area contributed by atoms with Crippen LogP contribution in [0.5, 0.6) is 0 Å². The maximum absolute atomic E-state index is 11.3. The number of rotatable bonds is 4. The van der Waals surface area contributed by atoms with Crippen LogP contribution in [0.25, 0.3) is 16.2 Å². The first kappa shape index (κ1) is 14.5. The van der Waals surface area contributed by atoms with Crippen molar-refractivity contribution in [3.8, 4) is 0 Å². The number of allylic oxidation sites excluding steroid dienone is 1. The van der Waals surface area contributed by atoms with Crippen LogP contribution < -0.4 is 0 Å². The van der Waals surface area contributed by atoms with Crippen LogP contribution in [0.2, 0.25) is 0 Å². The molecule has 0 aliphatic heterocycles. The predicted molar refractivity (Wildman–Crippen MR) is 92.7 cm³/mol. The molecule has 0 saturated carbocycles. The van der Waals surface area contributed by atoms with Crippen molar-refractivity contribution in [3.05, 3.63) is 76.2 Å². The second kappa shape index (κ2) is 6.16. The topological polar surface area (TPSA) is 37.3 Å². The van der Waals surface area contributed by atoms with Gasteiger partial charge in [-0.2, -0.15) is 0 Å². The Morgan fingerprint density at radius 2 is 1.91 bits per heavy atom. The van der Waals surface area contributed by atoms with Crippen molar-refractivity contribution in [2.24, 2.45) is 0 Å². The van der Waals surface area contributed by atoms with Crippen LogP contribution in [0.1, 0.15) is 26.4 Å². The van der Waals surface area contributed by atoms with E-state index >= 15 is 0 Å². The molecule has 2 nitrogen and oxygen atoms in total. The molecule has 0 bridgehead atoms. The minimum absolute atomic E-state index is 0.439. The highest BCUT2D eigenvalue weighted by atomic mass is 32.1. The van der Waals surface area contributed by atoms with Crippen molar-refractivity contribution in [1.29, 1.82) is 0 Å². The number of hydrogen-bond donors (Lipinski definition) is 1. The second-order valence-corrected chi connectivity index (χ2v) is 6.22. The predicted octanol–water partition coefficient (Wildman–Crippen LogP) is 5.16. The first-order valence-corrected chi connectivity index (χ1v) is 7.94. The molecule has 3 rings (SSSR count). The maximum atomic E-state index is 11.3. The largest absolute Gasteiger partial charge is 0.477 e. The van der Waals surface area contributed by atoms with Crippen molar-refractivity contribution in [3.63, 3.8) is 0 Å². The molecule has 0 radical (unpaired) electrons. The van der Waals surface area contributed by atoms with Crippen molar-refractivity contribution in [2.45, 2.75) is 13.3 Å². The van der Waals surface area contributed by atoms with Crippen LogP contribution in [0.3, 0.4) is 0 Å². The third-order valence-electron chi connectivity index (χ3n) is 3.68. The number of aryl methyl sites for hydroxylation is 1. The smallest absolute Gasteiger partial charge is 0.346 e. The lowest BCUT2D eigenvalue weighted by atomic mass is 10.0. The fraction of sp³-hybridized carbons (Fsp3) is 0.105. The molecule has 3 aromatic rings. The molecular formula is C19H16O2S. The summed E-state index contributed by atoms with van der Waals surface area (Å²) in [6, 6.07) is 16.2. The van der Waals surface area contributed by atoms with Crippen molar-refractivity contribution >= 4 is 33.5 Å². The molecule has 22 heavy (non-hydrogen) atoms. The Morgan fingerprint density at radius 3 is 2.64 bits per heavy atom. The molecule has 0 atom stereocenters. The fourth-order valence-electron chi connectivity index (χ4n) is 2.65.